The lowest BCUT2D eigenvalue weighted by atomic mass is 9.60. The van der Waals surface area contributed by atoms with Gasteiger partial charge in [0.2, 0.25) is 0 Å². The van der Waals surface area contributed by atoms with Gasteiger partial charge in [-0.05, 0) is 85.1 Å². The molecule has 0 aromatic heterocycles. The Morgan fingerprint density at radius 3 is 2.24 bits per heavy atom. The van der Waals surface area contributed by atoms with Crippen molar-refractivity contribution in [1.82, 2.24) is 0 Å². The molecule has 0 N–H and O–H groups in total. The molecule has 0 amide bonds. The molecule has 3 heteroatoms. The van der Waals surface area contributed by atoms with Crippen LogP contribution < -0.4 is 0 Å². The highest BCUT2D eigenvalue weighted by Gasteiger charge is 2.54. The Labute approximate surface area is 177 Å². The third kappa shape index (κ3) is 5.81. The maximum Gasteiger partial charge on any atom is 0.314 e. The van der Waals surface area contributed by atoms with Crippen molar-refractivity contribution in [1.29, 1.82) is 0 Å². The number of ether oxygens (including phenoxy) is 1. The van der Waals surface area contributed by atoms with Crippen LogP contribution in [0.3, 0.4) is 0 Å². The Morgan fingerprint density at radius 1 is 1.03 bits per heavy atom. The van der Waals surface area contributed by atoms with Gasteiger partial charge >= 0.3 is 5.97 Å². The van der Waals surface area contributed by atoms with Gasteiger partial charge in [0.25, 0.3) is 0 Å². The average Bonchev–Trinajstić information content (AvgIpc) is 2.58. The summed E-state index contributed by atoms with van der Waals surface area (Å²) in [7, 11) is 0. The van der Waals surface area contributed by atoms with E-state index in [4.69, 9.17) is 4.74 Å². The Morgan fingerprint density at radius 2 is 1.66 bits per heavy atom. The zero-order valence-electron chi connectivity index (χ0n) is 19.4. The summed E-state index contributed by atoms with van der Waals surface area (Å²) in [5, 5.41) is 0. The van der Waals surface area contributed by atoms with Crippen LogP contribution >= 0.6 is 0 Å². The molecular formula is C26H38O3. The minimum absolute atomic E-state index is 0.192. The monoisotopic (exact) mass is 398 g/mol. The van der Waals surface area contributed by atoms with Crippen molar-refractivity contribution < 1.29 is 14.3 Å². The molecule has 160 valence electrons. The van der Waals surface area contributed by atoms with Gasteiger partial charge in [-0.2, -0.15) is 0 Å². The van der Waals surface area contributed by atoms with Crippen LogP contribution in [0.25, 0.3) is 0 Å². The number of esters is 1. The second-order valence-electron chi connectivity index (χ2n) is 9.99. The molecule has 2 rings (SSSR count). The Kier molecular flexibility index (Phi) is 7.48. The lowest BCUT2D eigenvalue weighted by molar-refractivity contribution is -0.157. The summed E-state index contributed by atoms with van der Waals surface area (Å²) in [4.78, 5) is 26.3. The number of rotatable bonds is 7. The summed E-state index contributed by atoms with van der Waals surface area (Å²) < 4.78 is 5.89. The van der Waals surface area contributed by atoms with E-state index in [1.807, 2.05) is 27.7 Å². The van der Waals surface area contributed by atoms with Crippen molar-refractivity contribution in [2.24, 2.45) is 16.7 Å². The van der Waals surface area contributed by atoms with Crippen LogP contribution in [0.1, 0.15) is 87.0 Å². The highest BCUT2D eigenvalue weighted by atomic mass is 16.5. The Bertz CT molecular complexity index is 768. The van der Waals surface area contributed by atoms with Gasteiger partial charge in [-0.3, -0.25) is 9.59 Å². The maximum atomic E-state index is 13.6. The zero-order valence-corrected chi connectivity index (χ0v) is 19.4. The molecule has 0 aromatic carbocycles. The summed E-state index contributed by atoms with van der Waals surface area (Å²) in [6.07, 6.45) is 12.6. The van der Waals surface area contributed by atoms with E-state index in [-0.39, 0.29) is 23.1 Å². The molecule has 3 atom stereocenters. The fourth-order valence-corrected chi connectivity index (χ4v) is 4.30. The van der Waals surface area contributed by atoms with Crippen molar-refractivity contribution in [3.63, 3.8) is 0 Å². The number of hydrogen-bond donors (Lipinski definition) is 0. The van der Waals surface area contributed by atoms with Crippen LogP contribution in [0, 0.1) is 16.7 Å². The van der Waals surface area contributed by atoms with Gasteiger partial charge < -0.3 is 4.74 Å². The molecule has 0 saturated carbocycles. The first-order chi connectivity index (χ1) is 13.5. The highest BCUT2D eigenvalue weighted by Crippen LogP contribution is 2.53. The lowest BCUT2D eigenvalue weighted by Gasteiger charge is -2.46. The van der Waals surface area contributed by atoms with Crippen molar-refractivity contribution in [3.05, 3.63) is 46.8 Å². The van der Waals surface area contributed by atoms with Crippen LogP contribution in [0.4, 0.5) is 0 Å². The fraction of sp³-hybridized carbons (Fsp3) is 0.615. The van der Waals surface area contributed by atoms with E-state index in [9.17, 15) is 9.59 Å². The lowest BCUT2D eigenvalue weighted by Crippen LogP contribution is -2.48. The van der Waals surface area contributed by atoms with E-state index in [1.165, 1.54) is 16.7 Å². The first-order valence-corrected chi connectivity index (χ1v) is 10.9. The second kappa shape index (κ2) is 9.28. The van der Waals surface area contributed by atoms with Gasteiger partial charge in [-0.1, -0.05) is 41.9 Å². The second-order valence-corrected chi connectivity index (χ2v) is 9.99. The molecule has 0 spiro atoms. The third-order valence-electron chi connectivity index (χ3n) is 6.13. The number of carbonyl (C=O) groups is 2. The van der Waals surface area contributed by atoms with Crippen molar-refractivity contribution in [3.8, 4) is 0 Å². The smallest absolute Gasteiger partial charge is 0.314 e. The molecule has 0 aromatic rings. The van der Waals surface area contributed by atoms with Crippen LogP contribution in [-0.4, -0.2) is 11.8 Å². The first kappa shape index (κ1) is 23.4. The number of Topliss-reactive ketones (excluding diaryl/α,β-unsaturated/α-hetero) is 1. The molecule has 2 aliphatic rings. The number of carbonyl (C=O) groups excluding carboxylic acids is 2. The molecule has 0 bridgehead atoms. The molecular weight excluding hydrogens is 360 g/mol. The zero-order chi connectivity index (χ0) is 21.8. The highest BCUT2D eigenvalue weighted by molar-refractivity contribution is 5.92. The maximum absolute atomic E-state index is 13.6. The summed E-state index contributed by atoms with van der Waals surface area (Å²) in [6.45, 7) is 14.5. The third-order valence-corrected chi connectivity index (χ3v) is 6.13. The normalized spacial score (nSPS) is 28.7. The van der Waals surface area contributed by atoms with Gasteiger partial charge in [-0.15, -0.1) is 0 Å². The molecule has 0 unspecified atom stereocenters. The van der Waals surface area contributed by atoms with E-state index in [0.717, 1.165) is 12.8 Å². The molecule has 1 aliphatic carbocycles. The van der Waals surface area contributed by atoms with Crippen molar-refractivity contribution in [2.75, 3.05) is 0 Å². The van der Waals surface area contributed by atoms with Gasteiger partial charge in [0.05, 0.1) is 11.3 Å². The minimum atomic E-state index is -0.693. The van der Waals surface area contributed by atoms with Gasteiger partial charge in [0.15, 0.2) is 0 Å². The molecule has 0 radical (unpaired) electrons. The predicted octanol–water partition coefficient (Wildman–Crippen LogP) is 6.86. The summed E-state index contributed by atoms with van der Waals surface area (Å²) in [6, 6.07) is 0. The number of fused-ring (bicyclic) bond motifs is 1. The Hall–Kier alpha value is -1.90. The van der Waals surface area contributed by atoms with Crippen LogP contribution in [0.5, 0.6) is 0 Å². The summed E-state index contributed by atoms with van der Waals surface area (Å²) in [5.41, 5.74) is 2.69. The quantitative estimate of drug-likeness (QED) is 0.347. The minimum Gasteiger partial charge on any atom is -0.430 e. The fourth-order valence-electron chi connectivity index (χ4n) is 4.30. The molecule has 1 fully saturated rings. The van der Waals surface area contributed by atoms with E-state index in [2.05, 4.69) is 45.1 Å². The molecule has 29 heavy (non-hydrogen) atoms. The Balaban J connectivity index is 2.40. The van der Waals surface area contributed by atoms with E-state index >= 15 is 0 Å². The standard InChI is InChI=1S/C26H38O3/c1-18(2)9-8-13-25(7)16-22(27)26(14-12-20(5)6)15-21(11-10-19(3)4)24(28)29-23(26)17-25/h9-10,12,17,21H,8,11,13-16H2,1-7H3/t21-,25+,26-/m0/s1. The predicted molar refractivity (Wildman–Crippen MR) is 119 cm³/mol. The van der Waals surface area contributed by atoms with Gasteiger partial charge in [0.1, 0.15) is 11.5 Å². The molecule has 1 aliphatic heterocycles. The topological polar surface area (TPSA) is 43.4 Å². The molecule has 3 nitrogen and oxygen atoms in total. The van der Waals surface area contributed by atoms with Gasteiger partial charge in [-0.25, -0.2) is 0 Å². The van der Waals surface area contributed by atoms with E-state index < -0.39 is 5.41 Å². The molecule has 1 heterocycles. The average molecular weight is 399 g/mol. The van der Waals surface area contributed by atoms with E-state index in [1.54, 1.807) is 0 Å². The largest absolute Gasteiger partial charge is 0.430 e. The molecule has 1 saturated heterocycles. The van der Waals surface area contributed by atoms with Crippen LogP contribution in [-0.2, 0) is 14.3 Å². The number of allylic oxidation sites excluding steroid dienone is 8. The van der Waals surface area contributed by atoms with E-state index in [0.29, 0.717) is 31.4 Å². The SMILES string of the molecule is CC(C)=CCC[C@@]1(C)C=C2OC(=O)[C@@H](CC=C(C)C)C[C@@]2(CC=C(C)C)C(=O)C1. The van der Waals surface area contributed by atoms with Crippen molar-refractivity contribution >= 4 is 11.8 Å². The first-order valence-electron chi connectivity index (χ1n) is 10.9. The van der Waals surface area contributed by atoms with Crippen LogP contribution in [0.15, 0.2) is 46.8 Å². The summed E-state index contributed by atoms with van der Waals surface area (Å²) >= 11 is 0. The number of hydrogen-bond acceptors (Lipinski definition) is 3. The summed E-state index contributed by atoms with van der Waals surface area (Å²) in [5.74, 6) is 0.376. The van der Waals surface area contributed by atoms with Gasteiger partial charge in [0, 0.05) is 6.42 Å². The van der Waals surface area contributed by atoms with Crippen molar-refractivity contribution in [2.45, 2.75) is 87.0 Å². The number of ketones is 1. The van der Waals surface area contributed by atoms with Crippen LogP contribution in [0.2, 0.25) is 0 Å².